The summed E-state index contributed by atoms with van der Waals surface area (Å²) in [6, 6.07) is 15.6. The van der Waals surface area contributed by atoms with Crippen molar-refractivity contribution in [2.45, 2.75) is 13.8 Å². The average Bonchev–Trinajstić information content (AvgIpc) is 3.15. The van der Waals surface area contributed by atoms with Gasteiger partial charge in [0.15, 0.2) is 0 Å². The summed E-state index contributed by atoms with van der Waals surface area (Å²) >= 11 is 6.07. The molecule has 30 heavy (non-hydrogen) atoms. The Bertz CT molecular complexity index is 1200. The number of anilines is 1. The Kier molecular flexibility index (Phi) is 5.45. The molecule has 150 valence electrons. The Morgan fingerprint density at radius 1 is 1.07 bits per heavy atom. The maximum absolute atomic E-state index is 12.4. The molecule has 0 bridgehead atoms. The number of hydrogen-bond acceptors (Lipinski definition) is 5. The Morgan fingerprint density at radius 2 is 1.83 bits per heavy atom. The molecule has 1 N–H and O–H groups in total. The quantitative estimate of drug-likeness (QED) is 0.493. The number of carbonyl (C=O) groups excluding carboxylic acids is 1. The number of ether oxygens (including phenoxy) is 1. The second kappa shape index (κ2) is 8.34. The standard InChI is InChI=1S/C22H18ClN5O2/c1-14-25-20(28-12-11-24-15(28)2)13-21(26-14)30-17-9-7-16(8-10-17)27-22(29)18-5-3-4-6-19(18)23/h3-13H,1-2H3,(H,27,29). The number of aryl methyl sites for hydroxylation is 2. The van der Waals surface area contributed by atoms with Crippen molar-refractivity contribution in [1.82, 2.24) is 19.5 Å². The minimum atomic E-state index is -0.277. The van der Waals surface area contributed by atoms with Crippen LogP contribution in [0.15, 0.2) is 67.0 Å². The Morgan fingerprint density at radius 3 is 2.53 bits per heavy atom. The second-order valence-electron chi connectivity index (χ2n) is 6.52. The van der Waals surface area contributed by atoms with Gasteiger partial charge in [-0.05, 0) is 50.2 Å². The lowest BCUT2D eigenvalue weighted by molar-refractivity contribution is 0.102. The van der Waals surface area contributed by atoms with E-state index in [9.17, 15) is 4.79 Å². The van der Waals surface area contributed by atoms with Crippen LogP contribution in [0.5, 0.6) is 11.6 Å². The molecule has 2 aromatic carbocycles. The second-order valence-corrected chi connectivity index (χ2v) is 6.92. The minimum Gasteiger partial charge on any atom is -0.439 e. The number of nitrogens with zero attached hydrogens (tertiary/aromatic N) is 4. The first kappa shape index (κ1) is 19.6. The molecular weight excluding hydrogens is 402 g/mol. The predicted molar refractivity (Wildman–Crippen MR) is 115 cm³/mol. The van der Waals surface area contributed by atoms with E-state index in [1.165, 1.54) is 0 Å². The minimum absolute atomic E-state index is 0.277. The summed E-state index contributed by atoms with van der Waals surface area (Å²) in [7, 11) is 0. The van der Waals surface area contributed by atoms with Crippen molar-refractivity contribution in [3.63, 3.8) is 0 Å². The number of benzene rings is 2. The lowest BCUT2D eigenvalue weighted by atomic mass is 10.2. The third kappa shape index (κ3) is 4.31. The Balaban J connectivity index is 1.49. The molecule has 0 saturated heterocycles. The van der Waals surface area contributed by atoms with Gasteiger partial charge in [-0.15, -0.1) is 0 Å². The zero-order chi connectivity index (χ0) is 21.1. The van der Waals surface area contributed by atoms with Crippen molar-refractivity contribution in [2.24, 2.45) is 0 Å². The van der Waals surface area contributed by atoms with Gasteiger partial charge in [-0.3, -0.25) is 9.36 Å². The first-order chi connectivity index (χ1) is 14.5. The average molecular weight is 420 g/mol. The van der Waals surface area contributed by atoms with Crippen LogP contribution in [-0.4, -0.2) is 25.4 Å². The number of amides is 1. The maximum Gasteiger partial charge on any atom is 0.257 e. The van der Waals surface area contributed by atoms with Crippen molar-refractivity contribution in [3.8, 4) is 17.4 Å². The molecule has 1 amide bonds. The van der Waals surface area contributed by atoms with E-state index >= 15 is 0 Å². The molecule has 4 aromatic rings. The van der Waals surface area contributed by atoms with E-state index in [1.807, 2.05) is 17.7 Å². The zero-order valence-electron chi connectivity index (χ0n) is 16.3. The molecule has 0 saturated carbocycles. The highest BCUT2D eigenvalue weighted by atomic mass is 35.5. The highest BCUT2D eigenvalue weighted by Gasteiger charge is 2.11. The molecule has 8 heteroatoms. The molecule has 0 aliphatic carbocycles. The third-order valence-electron chi connectivity index (χ3n) is 4.33. The van der Waals surface area contributed by atoms with Crippen LogP contribution in [0.4, 0.5) is 5.69 Å². The van der Waals surface area contributed by atoms with Gasteiger partial charge in [-0.2, -0.15) is 4.98 Å². The molecule has 2 heterocycles. The van der Waals surface area contributed by atoms with Gasteiger partial charge < -0.3 is 10.1 Å². The van der Waals surface area contributed by atoms with Gasteiger partial charge in [0.25, 0.3) is 5.91 Å². The Hall–Kier alpha value is -3.71. The SMILES string of the molecule is Cc1nc(Oc2ccc(NC(=O)c3ccccc3Cl)cc2)cc(-n2ccnc2C)n1. The van der Waals surface area contributed by atoms with Crippen molar-refractivity contribution in [3.05, 3.63) is 89.2 Å². The maximum atomic E-state index is 12.4. The molecule has 0 aliphatic heterocycles. The molecule has 0 fully saturated rings. The highest BCUT2D eigenvalue weighted by molar-refractivity contribution is 6.34. The summed E-state index contributed by atoms with van der Waals surface area (Å²) in [6.45, 7) is 3.70. The first-order valence-corrected chi connectivity index (χ1v) is 9.57. The highest BCUT2D eigenvalue weighted by Crippen LogP contribution is 2.24. The van der Waals surface area contributed by atoms with E-state index in [0.29, 0.717) is 39.5 Å². The van der Waals surface area contributed by atoms with Crippen LogP contribution >= 0.6 is 11.6 Å². The van der Waals surface area contributed by atoms with Crippen molar-refractivity contribution in [2.75, 3.05) is 5.32 Å². The fourth-order valence-corrected chi connectivity index (χ4v) is 3.11. The number of carbonyl (C=O) groups is 1. The number of nitrogens with one attached hydrogen (secondary N) is 1. The van der Waals surface area contributed by atoms with Crippen molar-refractivity contribution in [1.29, 1.82) is 0 Å². The van der Waals surface area contributed by atoms with Crippen LogP contribution in [0.25, 0.3) is 5.82 Å². The van der Waals surface area contributed by atoms with E-state index in [4.69, 9.17) is 16.3 Å². The summed E-state index contributed by atoms with van der Waals surface area (Å²) < 4.78 is 7.74. The molecular formula is C22H18ClN5O2. The Labute approximate surface area is 178 Å². The van der Waals surface area contributed by atoms with Crippen LogP contribution in [0.1, 0.15) is 22.0 Å². The van der Waals surface area contributed by atoms with Crippen molar-refractivity contribution < 1.29 is 9.53 Å². The van der Waals surface area contributed by atoms with Gasteiger partial charge in [0.2, 0.25) is 5.88 Å². The lowest BCUT2D eigenvalue weighted by Crippen LogP contribution is -2.12. The summed E-state index contributed by atoms with van der Waals surface area (Å²) in [4.78, 5) is 25.4. The zero-order valence-corrected chi connectivity index (χ0v) is 17.1. The molecule has 2 aromatic heterocycles. The van der Waals surface area contributed by atoms with E-state index in [0.717, 1.165) is 5.82 Å². The molecule has 0 aliphatic rings. The van der Waals surface area contributed by atoms with Crippen molar-refractivity contribution >= 4 is 23.2 Å². The van der Waals surface area contributed by atoms with Crippen LogP contribution in [0.3, 0.4) is 0 Å². The smallest absolute Gasteiger partial charge is 0.257 e. The largest absolute Gasteiger partial charge is 0.439 e. The van der Waals surface area contributed by atoms with Crippen LogP contribution in [0, 0.1) is 13.8 Å². The predicted octanol–water partition coefficient (Wildman–Crippen LogP) is 4.98. The van der Waals surface area contributed by atoms with E-state index in [1.54, 1.807) is 67.7 Å². The topological polar surface area (TPSA) is 81.9 Å². The number of imidazole rings is 1. The number of halogens is 1. The number of aromatic nitrogens is 4. The molecule has 4 rings (SSSR count). The van der Waals surface area contributed by atoms with Gasteiger partial charge >= 0.3 is 0 Å². The van der Waals surface area contributed by atoms with E-state index in [2.05, 4.69) is 20.3 Å². The van der Waals surface area contributed by atoms with Crippen LogP contribution in [0.2, 0.25) is 5.02 Å². The van der Waals surface area contributed by atoms with Gasteiger partial charge in [-0.1, -0.05) is 23.7 Å². The van der Waals surface area contributed by atoms with Gasteiger partial charge in [0.1, 0.15) is 23.2 Å². The summed E-state index contributed by atoms with van der Waals surface area (Å²) in [5, 5.41) is 3.22. The molecule has 0 unspecified atom stereocenters. The summed E-state index contributed by atoms with van der Waals surface area (Å²) in [6.07, 6.45) is 3.54. The van der Waals surface area contributed by atoms with Gasteiger partial charge in [-0.25, -0.2) is 9.97 Å². The van der Waals surface area contributed by atoms with Crippen LogP contribution < -0.4 is 10.1 Å². The van der Waals surface area contributed by atoms with Gasteiger partial charge in [0, 0.05) is 24.1 Å². The lowest BCUT2D eigenvalue weighted by Gasteiger charge is -2.10. The van der Waals surface area contributed by atoms with Crippen LogP contribution in [-0.2, 0) is 0 Å². The fraction of sp³-hybridized carbons (Fsp3) is 0.0909. The van der Waals surface area contributed by atoms with E-state index in [-0.39, 0.29) is 5.91 Å². The van der Waals surface area contributed by atoms with Gasteiger partial charge in [0.05, 0.1) is 10.6 Å². The molecule has 0 radical (unpaired) electrons. The summed E-state index contributed by atoms with van der Waals surface area (Å²) in [5.41, 5.74) is 1.04. The molecule has 0 spiro atoms. The number of hydrogen-bond donors (Lipinski definition) is 1. The first-order valence-electron chi connectivity index (χ1n) is 9.19. The normalized spacial score (nSPS) is 10.6. The molecule has 0 atom stereocenters. The number of rotatable bonds is 5. The third-order valence-corrected chi connectivity index (χ3v) is 4.66. The molecule has 7 nitrogen and oxygen atoms in total. The monoisotopic (exact) mass is 419 g/mol. The van der Waals surface area contributed by atoms with E-state index < -0.39 is 0 Å². The summed E-state index contributed by atoms with van der Waals surface area (Å²) in [5.74, 6) is 2.80. The fourth-order valence-electron chi connectivity index (χ4n) is 2.89.